The Balaban J connectivity index is 2.04. The van der Waals surface area contributed by atoms with Crippen molar-refractivity contribution in [2.75, 3.05) is 6.26 Å². The van der Waals surface area contributed by atoms with Gasteiger partial charge in [0.2, 0.25) is 0 Å². The van der Waals surface area contributed by atoms with Crippen LogP contribution in [0.2, 0.25) is 0 Å². The summed E-state index contributed by atoms with van der Waals surface area (Å²) in [5.74, 6) is -0.120. The molecule has 1 amide bonds. The molecule has 1 saturated heterocycles. The second kappa shape index (κ2) is 6.48. The first kappa shape index (κ1) is 18.9. The summed E-state index contributed by atoms with van der Waals surface area (Å²) in [6.07, 6.45) is 2.94. The van der Waals surface area contributed by atoms with Crippen molar-refractivity contribution in [2.24, 2.45) is 0 Å². The maximum atomic E-state index is 12.5. The van der Waals surface area contributed by atoms with Gasteiger partial charge >= 0.3 is 0 Å². The molecular formula is C18H28N2O3S. The third-order valence-electron chi connectivity index (χ3n) is 4.17. The van der Waals surface area contributed by atoms with E-state index in [4.69, 9.17) is 0 Å². The molecule has 1 heterocycles. The normalized spacial score (nSPS) is 20.5. The summed E-state index contributed by atoms with van der Waals surface area (Å²) in [5, 5.41) is 6.71. The molecule has 24 heavy (non-hydrogen) atoms. The maximum absolute atomic E-state index is 12.5. The molecule has 1 fully saturated rings. The van der Waals surface area contributed by atoms with Gasteiger partial charge in [-0.2, -0.15) is 0 Å². The van der Waals surface area contributed by atoms with E-state index in [0.29, 0.717) is 11.1 Å². The van der Waals surface area contributed by atoms with Crippen LogP contribution in [0.4, 0.5) is 0 Å². The average Bonchev–Trinajstić information content (AvgIpc) is 2.33. The number of benzene rings is 1. The first-order chi connectivity index (χ1) is 10.9. The third kappa shape index (κ3) is 5.60. The Morgan fingerprint density at radius 2 is 1.62 bits per heavy atom. The number of hydrogen-bond donors (Lipinski definition) is 2. The Labute approximate surface area is 145 Å². The molecule has 2 N–H and O–H groups in total. The molecule has 0 aliphatic carbocycles. The molecule has 0 saturated carbocycles. The van der Waals surface area contributed by atoms with Crippen LogP contribution in [0.25, 0.3) is 0 Å². The monoisotopic (exact) mass is 352 g/mol. The SMILES string of the molecule is CC1(C)CC(NC(=O)c2ccc(CS(C)(=O)=O)cc2)CC(C)(C)N1. The van der Waals surface area contributed by atoms with Gasteiger partial charge in [0, 0.05) is 28.9 Å². The van der Waals surface area contributed by atoms with Gasteiger partial charge in [-0.15, -0.1) is 0 Å². The van der Waals surface area contributed by atoms with Gasteiger partial charge in [0.1, 0.15) is 0 Å². The van der Waals surface area contributed by atoms with Crippen LogP contribution in [0.15, 0.2) is 24.3 Å². The van der Waals surface area contributed by atoms with Crippen molar-refractivity contribution < 1.29 is 13.2 Å². The number of amides is 1. The summed E-state index contributed by atoms with van der Waals surface area (Å²) in [6, 6.07) is 6.89. The molecule has 0 radical (unpaired) electrons. The van der Waals surface area contributed by atoms with Crippen molar-refractivity contribution in [1.29, 1.82) is 0 Å². The van der Waals surface area contributed by atoms with E-state index in [1.54, 1.807) is 24.3 Å². The zero-order valence-electron chi connectivity index (χ0n) is 15.1. The Kier molecular flexibility index (Phi) is 5.11. The number of nitrogens with one attached hydrogen (secondary N) is 2. The molecule has 1 aliphatic heterocycles. The number of carbonyl (C=O) groups is 1. The van der Waals surface area contributed by atoms with E-state index in [1.165, 1.54) is 6.26 Å². The maximum Gasteiger partial charge on any atom is 0.251 e. The van der Waals surface area contributed by atoms with Gasteiger partial charge in [-0.3, -0.25) is 4.79 Å². The van der Waals surface area contributed by atoms with Gasteiger partial charge < -0.3 is 10.6 Å². The predicted octanol–water partition coefficient (Wildman–Crippen LogP) is 2.27. The van der Waals surface area contributed by atoms with E-state index in [-0.39, 0.29) is 28.8 Å². The minimum Gasteiger partial charge on any atom is -0.349 e. The van der Waals surface area contributed by atoms with E-state index >= 15 is 0 Å². The highest BCUT2D eigenvalue weighted by molar-refractivity contribution is 7.89. The van der Waals surface area contributed by atoms with Gasteiger partial charge in [-0.05, 0) is 58.2 Å². The third-order valence-corrected chi connectivity index (χ3v) is 5.03. The van der Waals surface area contributed by atoms with E-state index in [0.717, 1.165) is 12.8 Å². The fourth-order valence-corrected chi connectivity index (χ4v) is 4.55. The van der Waals surface area contributed by atoms with Crippen LogP contribution in [0.3, 0.4) is 0 Å². The van der Waals surface area contributed by atoms with E-state index in [1.807, 2.05) is 0 Å². The molecule has 0 bridgehead atoms. The first-order valence-electron chi connectivity index (χ1n) is 8.22. The lowest BCUT2D eigenvalue weighted by Gasteiger charge is -2.46. The summed E-state index contributed by atoms with van der Waals surface area (Å²) in [4.78, 5) is 12.5. The lowest BCUT2D eigenvalue weighted by atomic mass is 9.79. The lowest BCUT2D eigenvalue weighted by molar-refractivity contribution is 0.0873. The lowest BCUT2D eigenvalue weighted by Crippen LogP contribution is -2.62. The zero-order valence-corrected chi connectivity index (χ0v) is 16.0. The van der Waals surface area contributed by atoms with Crippen LogP contribution in [-0.4, -0.2) is 37.7 Å². The number of hydrogen-bond acceptors (Lipinski definition) is 4. The standard InChI is InChI=1S/C18H28N2O3S/c1-17(2)10-15(11-18(3,4)20-17)19-16(21)14-8-6-13(7-9-14)12-24(5,22)23/h6-9,15,20H,10-12H2,1-5H3,(H,19,21). The Morgan fingerprint density at radius 1 is 1.12 bits per heavy atom. The van der Waals surface area contributed by atoms with Crippen molar-refractivity contribution in [2.45, 2.75) is 63.4 Å². The van der Waals surface area contributed by atoms with Crippen molar-refractivity contribution in [3.8, 4) is 0 Å². The minimum atomic E-state index is -3.07. The highest BCUT2D eigenvalue weighted by Crippen LogP contribution is 2.28. The number of carbonyl (C=O) groups excluding carboxylic acids is 1. The first-order valence-corrected chi connectivity index (χ1v) is 10.3. The van der Waals surface area contributed by atoms with Crippen LogP contribution in [0.5, 0.6) is 0 Å². The van der Waals surface area contributed by atoms with Crippen molar-refractivity contribution in [1.82, 2.24) is 10.6 Å². The van der Waals surface area contributed by atoms with E-state index in [9.17, 15) is 13.2 Å². The smallest absolute Gasteiger partial charge is 0.251 e. The highest BCUT2D eigenvalue weighted by Gasteiger charge is 2.38. The molecule has 1 aliphatic rings. The van der Waals surface area contributed by atoms with Crippen LogP contribution < -0.4 is 10.6 Å². The summed E-state index contributed by atoms with van der Waals surface area (Å²) in [5.41, 5.74) is 1.19. The molecule has 0 atom stereocenters. The van der Waals surface area contributed by atoms with Crippen LogP contribution in [0.1, 0.15) is 56.5 Å². The zero-order chi connectivity index (χ0) is 18.2. The highest BCUT2D eigenvalue weighted by atomic mass is 32.2. The van der Waals surface area contributed by atoms with Gasteiger partial charge in [0.15, 0.2) is 9.84 Å². The largest absolute Gasteiger partial charge is 0.349 e. The van der Waals surface area contributed by atoms with E-state index in [2.05, 4.69) is 38.3 Å². The topological polar surface area (TPSA) is 75.3 Å². The van der Waals surface area contributed by atoms with Crippen LogP contribution in [-0.2, 0) is 15.6 Å². The van der Waals surface area contributed by atoms with Crippen LogP contribution in [0, 0.1) is 0 Å². The van der Waals surface area contributed by atoms with Gasteiger partial charge in [0.05, 0.1) is 5.75 Å². The molecule has 1 aromatic carbocycles. The second-order valence-electron chi connectivity index (χ2n) is 8.24. The fraction of sp³-hybridized carbons (Fsp3) is 0.611. The number of rotatable bonds is 4. The van der Waals surface area contributed by atoms with Crippen molar-refractivity contribution in [3.63, 3.8) is 0 Å². The quantitative estimate of drug-likeness (QED) is 0.872. The molecule has 5 nitrogen and oxygen atoms in total. The molecule has 1 aromatic rings. The molecule has 0 unspecified atom stereocenters. The van der Waals surface area contributed by atoms with E-state index < -0.39 is 9.84 Å². The Hall–Kier alpha value is -1.40. The predicted molar refractivity (Wildman–Crippen MR) is 96.8 cm³/mol. The Bertz CT molecular complexity index is 690. The average molecular weight is 353 g/mol. The molecule has 0 aromatic heterocycles. The fourth-order valence-electron chi connectivity index (χ4n) is 3.75. The summed E-state index contributed by atoms with van der Waals surface area (Å²) < 4.78 is 22.6. The summed E-state index contributed by atoms with van der Waals surface area (Å²) >= 11 is 0. The molecule has 6 heteroatoms. The minimum absolute atomic E-state index is 0.00836. The Morgan fingerprint density at radius 3 is 2.08 bits per heavy atom. The molecular weight excluding hydrogens is 324 g/mol. The summed E-state index contributed by atoms with van der Waals surface area (Å²) in [6.45, 7) is 8.58. The van der Waals surface area contributed by atoms with Crippen LogP contribution >= 0.6 is 0 Å². The molecule has 2 rings (SSSR count). The van der Waals surface area contributed by atoms with Crippen molar-refractivity contribution in [3.05, 3.63) is 35.4 Å². The van der Waals surface area contributed by atoms with Crippen molar-refractivity contribution >= 4 is 15.7 Å². The van der Waals surface area contributed by atoms with Gasteiger partial charge in [-0.1, -0.05) is 12.1 Å². The van der Waals surface area contributed by atoms with Gasteiger partial charge in [0.25, 0.3) is 5.91 Å². The van der Waals surface area contributed by atoms with Gasteiger partial charge in [-0.25, -0.2) is 8.42 Å². The number of piperidine rings is 1. The molecule has 0 spiro atoms. The molecule has 134 valence electrons. The summed E-state index contributed by atoms with van der Waals surface area (Å²) in [7, 11) is -3.07. The number of sulfone groups is 1. The second-order valence-corrected chi connectivity index (χ2v) is 10.4.